The number of allylic oxidation sites excluding steroid dienone is 2. The molecular formula is C30H38IrNO2-. The number of carbonyl (C=O) groups excluding carboxylic acids is 1. The number of aliphatic hydroxyl groups is 1. The van der Waals surface area contributed by atoms with Gasteiger partial charge in [0.1, 0.15) is 0 Å². The number of hydrogen-bond donors (Lipinski definition) is 1. The minimum Gasteiger partial charge on any atom is -0.512 e. The first-order valence-electron chi connectivity index (χ1n) is 11.4. The first-order valence-corrected chi connectivity index (χ1v) is 11.4. The molecule has 2 aromatic carbocycles. The molecule has 0 fully saturated rings. The van der Waals surface area contributed by atoms with Crippen molar-refractivity contribution < 1.29 is 30.0 Å². The molecule has 1 radical (unpaired) electrons. The van der Waals surface area contributed by atoms with Crippen LogP contribution in [0.5, 0.6) is 0 Å². The van der Waals surface area contributed by atoms with Gasteiger partial charge in [-0.15, -0.1) is 34.9 Å². The molecule has 4 heteroatoms. The second-order valence-electron chi connectivity index (χ2n) is 10.9. The van der Waals surface area contributed by atoms with E-state index >= 15 is 0 Å². The number of nitrogens with zero attached hydrogens (tertiary/aromatic N) is 1. The number of aliphatic hydroxyl groups excluding tert-OH is 1. The molecule has 0 amide bonds. The third-order valence-electron chi connectivity index (χ3n) is 5.45. The van der Waals surface area contributed by atoms with Gasteiger partial charge in [-0.2, -0.15) is 0 Å². The molecule has 3 nitrogen and oxygen atoms in total. The van der Waals surface area contributed by atoms with Gasteiger partial charge < -0.3 is 5.11 Å². The quantitative estimate of drug-likeness (QED) is 0.177. The number of ketones is 1. The molecule has 3 rings (SSSR count). The zero-order valence-corrected chi connectivity index (χ0v) is 24.6. The topological polar surface area (TPSA) is 50.2 Å². The number of aromatic nitrogens is 1. The van der Waals surface area contributed by atoms with Crippen LogP contribution >= 0.6 is 0 Å². The molecule has 1 N–H and O–H groups in total. The molecule has 1 aromatic heterocycles. The third kappa shape index (κ3) is 7.89. The van der Waals surface area contributed by atoms with Crippen LogP contribution in [-0.4, -0.2) is 15.9 Å². The molecule has 0 aliphatic rings. The number of carbonyl (C=O) groups is 1. The maximum absolute atomic E-state index is 10.0. The van der Waals surface area contributed by atoms with Gasteiger partial charge in [0.05, 0.1) is 11.3 Å². The van der Waals surface area contributed by atoms with Crippen molar-refractivity contribution in [3.05, 3.63) is 76.6 Å². The van der Waals surface area contributed by atoms with E-state index in [0.29, 0.717) is 0 Å². The number of hydrogen-bond acceptors (Lipinski definition) is 3. The minimum atomic E-state index is -0.125. The molecule has 0 saturated heterocycles. The number of rotatable bonds is 2. The molecule has 0 bridgehead atoms. The van der Waals surface area contributed by atoms with Crippen molar-refractivity contribution >= 4 is 16.7 Å². The van der Waals surface area contributed by atoms with Crippen molar-refractivity contribution in [2.75, 3.05) is 0 Å². The van der Waals surface area contributed by atoms with Gasteiger partial charge in [-0.05, 0) is 47.6 Å². The fourth-order valence-corrected chi connectivity index (χ4v) is 3.66. The number of benzene rings is 2. The summed E-state index contributed by atoms with van der Waals surface area (Å²) in [4.78, 5) is 15.1. The van der Waals surface area contributed by atoms with Crippen LogP contribution in [-0.2, 0) is 35.7 Å². The summed E-state index contributed by atoms with van der Waals surface area (Å²) in [5.41, 5.74) is 8.42. The normalized spacial score (nSPS) is 12.0. The van der Waals surface area contributed by atoms with Gasteiger partial charge in [-0.25, -0.2) is 0 Å². The van der Waals surface area contributed by atoms with Crippen LogP contribution in [0.15, 0.2) is 48.2 Å². The predicted octanol–water partition coefficient (Wildman–Crippen LogP) is 7.95. The maximum Gasteiger partial charge on any atom is 0.155 e. The van der Waals surface area contributed by atoms with Gasteiger partial charge in [-0.3, -0.25) is 9.78 Å². The van der Waals surface area contributed by atoms with E-state index in [0.717, 1.165) is 22.3 Å². The molecule has 0 unspecified atom stereocenters. The van der Waals surface area contributed by atoms with Crippen LogP contribution in [0.3, 0.4) is 0 Å². The first kappa shape index (κ1) is 29.7. The Morgan fingerprint density at radius 3 is 2.03 bits per heavy atom. The Kier molecular flexibility index (Phi) is 9.99. The molecule has 0 aliphatic heterocycles. The summed E-state index contributed by atoms with van der Waals surface area (Å²) in [6.45, 7) is 20.7. The Labute approximate surface area is 219 Å². The molecule has 1 heterocycles. The van der Waals surface area contributed by atoms with Gasteiger partial charge in [0.25, 0.3) is 0 Å². The van der Waals surface area contributed by atoms with Gasteiger partial charge in [-0.1, -0.05) is 73.6 Å². The summed E-state index contributed by atoms with van der Waals surface area (Å²) in [6.07, 6.45) is 1.17. The molecule has 0 spiro atoms. The summed E-state index contributed by atoms with van der Waals surface area (Å²) in [5.74, 6) is -0.0625. The average molecular weight is 637 g/mol. The summed E-state index contributed by atoms with van der Waals surface area (Å²) in [5, 5.41) is 9.61. The van der Waals surface area contributed by atoms with Gasteiger partial charge >= 0.3 is 0 Å². The number of fused-ring (bicyclic) bond motifs is 1. The van der Waals surface area contributed by atoms with Crippen molar-refractivity contribution in [3.8, 4) is 11.3 Å². The first-order chi connectivity index (χ1) is 15.1. The van der Waals surface area contributed by atoms with E-state index in [-0.39, 0.29) is 42.5 Å². The Hall–Kier alpha value is -2.29. The van der Waals surface area contributed by atoms with Crippen molar-refractivity contribution in [2.24, 2.45) is 0 Å². The maximum atomic E-state index is 10.0. The van der Waals surface area contributed by atoms with E-state index in [1.54, 1.807) is 0 Å². The van der Waals surface area contributed by atoms with E-state index in [1.807, 2.05) is 0 Å². The largest absolute Gasteiger partial charge is 0.512 e. The van der Waals surface area contributed by atoms with E-state index < -0.39 is 0 Å². The van der Waals surface area contributed by atoms with E-state index in [2.05, 4.69) is 97.9 Å². The van der Waals surface area contributed by atoms with Crippen molar-refractivity contribution in [3.63, 3.8) is 0 Å². The van der Waals surface area contributed by atoms with Gasteiger partial charge in [0, 0.05) is 31.6 Å². The Morgan fingerprint density at radius 2 is 1.56 bits per heavy atom. The van der Waals surface area contributed by atoms with E-state index in [1.165, 1.54) is 42.0 Å². The number of pyridine rings is 1. The van der Waals surface area contributed by atoms with Crippen molar-refractivity contribution in [2.45, 2.75) is 80.1 Å². The molecule has 34 heavy (non-hydrogen) atoms. The molecule has 0 atom stereocenters. The molecule has 185 valence electrons. The fourth-order valence-electron chi connectivity index (χ4n) is 3.66. The van der Waals surface area contributed by atoms with Crippen LogP contribution in [0.2, 0.25) is 0 Å². The zero-order chi connectivity index (χ0) is 25.1. The Bertz CT molecular complexity index is 1190. The summed E-state index contributed by atoms with van der Waals surface area (Å²) < 4.78 is 0. The average Bonchev–Trinajstić information content (AvgIpc) is 2.66. The predicted molar refractivity (Wildman–Crippen MR) is 140 cm³/mol. The summed E-state index contributed by atoms with van der Waals surface area (Å²) >= 11 is 0. The second kappa shape index (κ2) is 11.4. The van der Waals surface area contributed by atoms with Crippen LogP contribution in [0, 0.1) is 19.9 Å². The van der Waals surface area contributed by atoms with Crippen LogP contribution < -0.4 is 0 Å². The molecular weight excluding hydrogens is 599 g/mol. The summed E-state index contributed by atoms with van der Waals surface area (Å²) in [6, 6.07) is 16.8. The Balaban J connectivity index is 0.000000633. The Morgan fingerprint density at radius 1 is 0.941 bits per heavy atom. The van der Waals surface area contributed by atoms with Gasteiger partial charge in [0.2, 0.25) is 0 Å². The van der Waals surface area contributed by atoms with Crippen molar-refractivity contribution in [1.29, 1.82) is 0 Å². The standard InChI is InChI=1S/C25H30N.C5H8O2.Ir/c1-16-9-10-17(2)20(13-16)22-12-11-19-21(25(6,7)8)14-18(24(3,4)5)15-23(19)26-22;1-4(6)3-5(2)7;/h9-12,14-15H,1-8H3;3,6H,1-2H3;/q-1;;/b;4-3-;. The molecule has 3 aromatic rings. The van der Waals surface area contributed by atoms with Gasteiger partial charge in [0.15, 0.2) is 5.78 Å². The monoisotopic (exact) mass is 637 g/mol. The van der Waals surface area contributed by atoms with Crippen LogP contribution in [0.4, 0.5) is 0 Å². The number of aryl methyl sites for hydroxylation is 2. The molecule has 0 aliphatic carbocycles. The van der Waals surface area contributed by atoms with E-state index in [4.69, 9.17) is 10.1 Å². The minimum absolute atomic E-state index is 0. The fraction of sp³-hybridized carbons (Fsp3) is 0.400. The zero-order valence-electron chi connectivity index (χ0n) is 22.2. The van der Waals surface area contributed by atoms with Crippen LogP contribution in [0.25, 0.3) is 22.2 Å². The van der Waals surface area contributed by atoms with Crippen LogP contribution in [0.1, 0.15) is 77.6 Å². The third-order valence-corrected chi connectivity index (χ3v) is 5.45. The van der Waals surface area contributed by atoms with E-state index in [9.17, 15) is 4.79 Å². The van der Waals surface area contributed by atoms with Crippen molar-refractivity contribution in [1.82, 2.24) is 4.98 Å². The molecule has 0 saturated carbocycles. The second-order valence-corrected chi connectivity index (χ2v) is 10.9. The SMILES string of the molecule is CC(=O)/C=C(/C)O.Cc1[c-]c(-c2ccc3c(C(C)(C)C)cc(C(C)(C)C)cc3n2)c(C)cc1.[Ir]. The summed E-state index contributed by atoms with van der Waals surface area (Å²) in [7, 11) is 0. The smallest absolute Gasteiger partial charge is 0.155 e.